The second-order valence-electron chi connectivity index (χ2n) is 4.65. The number of benzene rings is 2. The van der Waals surface area contributed by atoms with E-state index in [9.17, 15) is 9.18 Å². The number of nitrogens with zero attached hydrogens (tertiary/aromatic N) is 1. The second-order valence-corrected chi connectivity index (χ2v) is 5.57. The standard InChI is InChI=1S/C16H15BrFNO/c1-11(12-5-9-15(18)10-6-12)19(2)16(20)13-3-7-14(17)8-4-13/h3-11H,1-2H3. The van der Waals surface area contributed by atoms with Gasteiger partial charge in [0.15, 0.2) is 0 Å². The molecule has 2 nitrogen and oxygen atoms in total. The van der Waals surface area contributed by atoms with E-state index in [0.29, 0.717) is 5.56 Å². The molecule has 0 fully saturated rings. The van der Waals surface area contributed by atoms with Crippen molar-refractivity contribution in [1.82, 2.24) is 4.90 Å². The summed E-state index contributed by atoms with van der Waals surface area (Å²) >= 11 is 3.34. The first-order chi connectivity index (χ1) is 9.49. The lowest BCUT2D eigenvalue weighted by Crippen LogP contribution is -2.29. The van der Waals surface area contributed by atoms with Crippen molar-refractivity contribution in [2.45, 2.75) is 13.0 Å². The molecule has 1 atom stereocenters. The van der Waals surface area contributed by atoms with Gasteiger partial charge < -0.3 is 4.90 Å². The minimum absolute atomic E-state index is 0.0608. The maximum absolute atomic E-state index is 12.9. The lowest BCUT2D eigenvalue weighted by Gasteiger charge is -2.25. The zero-order valence-electron chi connectivity index (χ0n) is 11.3. The predicted molar refractivity (Wildman–Crippen MR) is 81.1 cm³/mol. The van der Waals surface area contributed by atoms with E-state index in [0.717, 1.165) is 10.0 Å². The highest BCUT2D eigenvalue weighted by atomic mass is 79.9. The van der Waals surface area contributed by atoms with Crippen molar-refractivity contribution in [1.29, 1.82) is 0 Å². The third-order valence-corrected chi connectivity index (χ3v) is 3.87. The second kappa shape index (κ2) is 6.18. The van der Waals surface area contributed by atoms with Gasteiger partial charge in [0, 0.05) is 17.1 Å². The fraction of sp³-hybridized carbons (Fsp3) is 0.188. The molecule has 0 bridgehead atoms. The van der Waals surface area contributed by atoms with Gasteiger partial charge in [-0.2, -0.15) is 0 Å². The normalized spacial score (nSPS) is 12.0. The van der Waals surface area contributed by atoms with Crippen molar-refractivity contribution >= 4 is 21.8 Å². The Morgan fingerprint density at radius 2 is 1.65 bits per heavy atom. The Kier molecular flexibility index (Phi) is 4.55. The minimum atomic E-state index is -0.275. The Morgan fingerprint density at radius 1 is 1.10 bits per heavy atom. The van der Waals surface area contributed by atoms with Crippen LogP contribution in [0.25, 0.3) is 0 Å². The van der Waals surface area contributed by atoms with Gasteiger partial charge in [0.25, 0.3) is 5.91 Å². The van der Waals surface area contributed by atoms with Gasteiger partial charge in [0.1, 0.15) is 5.82 Å². The van der Waals surface area contributed by atoms with E-state index in [1.54, 1.807) is 36.2 Å². The van der Waals surface area contributed by atoms with E-state index in [4.69, 9.17) is 0 Å². The van der Waals surface area contributed by atoms with Gasteiger partial charge in [0.05, 0.1) is 6.04 Å². The molecule has 0 radical (unpaired) electrons. The summed E-state index contributed by atoms with van der Waals surface area (Å²) in [6, 6.07) is 13.3. The SMILES string of the molecule is CC(c1ccc(F)cc1)N(C)C(=O)c1ccc(Br)cc1. The third-order valence-electron chi connectivity index (χ3n) is 3.34. The highest BCUT2D eigenvalue weighted by molar-refractivity contribution is 9.10. The van der Waals surface area contributed by atoms with E-state index >= 15 is 0 Å². The van der Waals surface area contributed by atoms with E-state index in [1.807, 2.05) is 19.1 Å². The lowest BCUT2D eigenvalue weighted by molar-refractivity contribution is 0.0742. The summed E-state index contributed by atoms with van der Waals surface area (Å²) in [5.74, 6) is -0.336. The Labute approximate surface area is 126 Å². The fourth-order valence-corrected chi connectivity index (χ4v) is 2.20. The van der Waals surface area contributed by atoms with Crippen molar-refractivity contribution in [2.24, 2.45) is 0 Å². The molecule has 2 aromatic carbocycles. The van der Waals surface area contributed by atoms with Crippen LogP contribution in [-0.4, -0.2) is 17.9 Å². The molecule has 20 heavy (non-hydrogen) atoms. The van der Waals surface area contributed by atoms with Crippen molar-refractivity contribution in [2.75, 3.05) is 7.05 Å². The number of amides is 1. The van der Waals surface area contributed by atoms with Crippen LogP contribution in [0.4, 0.5) is 4.39 Å². The Balaban J connectivity index is 2.17. The zero-order chi connectivity index (χ0) is 14.7. The monoisotopic (exact) mass is 335 g/mol. The number of rotatable bonds is 3. The molecule has 1 unspecified atom stereocenters. The quantitative estimate of drug-likeness (QED) is 0.812. The van der Waals surface area contributed by atoms with Crippen LogP contribution in [0.1, 0.15) is 28.9 Å². The van der Waals surface area contributed by atoms with E-state index in [2.05, 4.69) is 15.9 Å². The summed E-state index contributed by atoms with van der Waals surface area (Å²) in [7, 11) is 1.75. The first-order valence-electron chi connectivity index (χ1n) is 6.27. The Hall–Kier alpha value is -1.68. The molecule has 0 N–H and O–H groups in total. The molecular formula is C16H15BrFNO. The van der Waals surface area contributed by atoms with Crippen LogP contribution in [0.2, 0.25) is 0 Å². The van der Waals surface area contributed by atoms with Gasteiger partial charge >= 0.3 is 0 Å². The Morgan fingerprint density at radius 3 is 2.20 bits per heavy atom. The topological polar surface area (TPSA) is 20.3 Å². The highest BCUT2D eigenvalue weighted by Gasteiger charge is 2.18. The summed E-state index contributed by atoms with van der Waals surface area (Å²) in [4.78, 5) is 14.0. The third kappa shape index (κ3) is 3.25. The molecule has 2 rings (SSSR count). The molecule has 0 aliphatic heterocycles. The van der Waals surface area contributed by atoms with Gasteiger partial charge in [0.2, 0.25) is 0 Å². The predicted octanol–water partition coefficient (Wildman–Crippen LogP) is 4.42. The van der Waals surface area contributed by atoms with Crippen LogP contribution in [-0.2, 0) is 0 Å². The average Bonchev–Trinajstić information content (AvgIpc) is 2.46. The largest absolute Gasteiger partial charge is 0.335 e. The summed E-state index contributed by atoms with van der Waals surface area (Å²) in [6.45, 7) is 1.92. The highest BCUT2D eigenvalue weighted by Crippen LogP contribution is 2.21. The lowest BCUT2D eigenvalue weighted by atomic mass is 10.1. The van der Waals surface area contributed by atoms with Crippen LogP contribution < -0.4 is 0 Å². The number of hydrogen-bond acceptors (Lipinski definition) is 1. The van der Waals surface area contributed by atoms with Gasteiger partial charge in [-0.05, 0) is 48.9 Å². The van der Waals surface area contributed by atoms with E-state index < -0.39 is 0 Å². The molecule has 0 aromatic heterocycles. The molecule has 0 heterocycles. The fourth-order valence-electron chi connectivity index (χ4n) is 1.94. The molecule has 0 aliphatic rings. The number of halogens is 2. The summed E-state index contributed by atoms with van der Waals surface area (Å²) in [6.07, 6.45) is 0. The molecule has 0 aliphatic carbocycles. The minimum Gasteiger partial charge on any atom is -0.335 e. The van der Waals surface area contributed by atoms with Crippen LogP contribution in [0, 0.1) is 5.82 Å². The number of hydrogen-bond donors (Lipinski definition) is 0. The number of carbonyl (C=O) groups excluding carboxylic acids is 1. The van der Waals surface area contributed by atoms with Crippen LogP contribution in [0.15, 0.2) is 53.0 Å². The molecule has 0 saturated heterocycles. The number of carbonyl (C=O) groups is 1. The molecular weight excluding hydrogens is 321 g/mol. The van der Waals surface area contributed by atoms with Gasteiger partial charge in [-0.25, -0.2) is 4.39 Å². The average molecular weight is 336 g/mol. The van der Waals surface area contributed by atoms with Crippen molar-refractivity contribution in [3.8, 4) is 0 Å². The molecule has 0 saturated carbocycles. The summed E-state index contributed by atoms with van der Waals surface area (Å²) in [5.41, 5.74) is 1.53. The van der Waals surface area contributed by atoms with Crippen LogP contribution >= 0.6 is 15.9 Å². The van der Waals surface area contributed by atoms with Gasteiger partial charge in [-0.1, -0.05) is 28.1 Å². The van der Waals surface area contributed by atoms with Crippen molar-refractivity contribution in [3.63, 3.8) is 0 Å². The smallest absolute Gasteiger partial charge is 0.254 e. The van der Waals surface area contributed by atoms with E-state index in [1.165, 1.54) is 12.1 Å². The molecule has 2 aromatic rings. The van der Waals surface area contributed by atoms with Crippen LogP contribution in [0.3, 0.4) is 0 Å². The van der Waals surface area contributed by atoms with Crippen molar-refractivity contribution < 1.29 is 9.18 Å². The van der Waals surface area contributed by atoms with Gasteiger partial charge in [-0.15, -0.1) is 0 Å². The molecule has 104 valence electrons. The Bertz CT molecular complexity index is 595. The summed E-state index contributed by atoms with van der Waals surface area (Å²) in [5, 5.41) is 0. The maximum atomic E-state index is 12.9. The molecule has 1 amide bonds. The molecule has 0 spiro atoms. The van der Waals surface area contributed by atoms with Gasteiger partial charge in [-0.3, -0.25) is 4.79 Å². The first-order valence-corrected chi connectivity index (χ1v) is 7.06. The zero-order valence-corrected chi connectivity index (χ0v) is 12.9. The maximum Gasteiger partial charge on any atom is 0.254 e. The summed E-state index contributed by atoms with van der Waals surface area (Å²) < 4.78 is 13.9. The van der Waals surface area contributed by atoms with E-state index in [-0.39, 0.29) is 17.8 Å². The van der Waals surface area contributed by atoms with Crippen LogP contribution in [0.5, 0.6) is 0 Å². The first kappa shape index (κ1) is 14.7. The van der Waals surface area contributed by atoms with Crippen molar-refractivity contribution in [3.05, 3.63) is 69.9 Å². The molecule has 4 heteroatoms.